The Kier molecular flexibility index (Phi) is 9.00. The van der Waals surface area contributed by atoms with Gasteiger partial charge < -0.3 is 9.47 Å². The van der Waals surface area contributed by atoms with Gasteiger partial charge in [0.25, 0.3) is 0 Å². The summed E-state index contributed by atoms with van der Waals surface area (Å²) in [6.45, 7) is 18.2. The highest BCUT2D eigenvalue weighted by atomic mass is 32.2. The van der Waals surface area contributed by atoms with E-state index in [0.717, 1.165) is 6.04 Å². The fourth-order valence-corrected chi connectivity index (χ4v) is 4.52. The molecular formula is C23H38FN3O4SSi. The summed E-state index contributed by atoms with van der Waals surface area (Å²) in [5.41, 5.74) is 0.810. The van der Waals surface area contributed by atoms with Gasteiger partial charge in [-0.05, 0) is 59.7 Å². The zero-order valence-corrected chi connectivity index (χ0v) is 23.1. The van der Waals surface area contributed by atoms with Crippen molar-refractivity contribution in [3.63, 3.8) is 0 Å². The van der Waals surface area contributed by atoms with Crippen LogP contribution >= 0.6 is 0 Å². The van der Waals surface area contributed by atoms with Gasteiger partial charge in [0.1, 0.15) is 23.9 Å². The average Bonchev–Trinajstić information content (AvgIpc) is 2.99. The number of aromatic nitrogens is 2. The minimum absolute atomic E-state index is 0.102. The molecule has 2 heterocycles. The molecule has 0 aliphatic carbocycles. The standard InChI is InChI=1S/C23H38FN3O4SSi/c1-15(2)31-22(28)19-13-17-12-18(24)20(16(3)26-32(29)23(4,5)6)25-21(17)27(19)14-30-10-11-33(7,8)9/h12-13,15-16,26H,10-11,14H2,1-9H3/t16-,32?/m1/s1. The first-order valence-electron chi connectivity index (χ1n) is 11.3. The normalized spacial score (nSPS) is 14.6. The maximum atomic E-state index is 15.0. The van der Waals surface area contributed by atoms with Crippen molar-refractivity contribution in [3.8, 4) is 0 Å². The third-order valence-corrected chi connectivity index (χ3v) is 8.25. The number of fused-ring (bicyclic) bond motifs is 1. The molecule has 0 amide bonds. The Labute approximate surface area is 200 Å². The molecule has 0 fully saturated rings. The van der Waals surface area contributed by atoms with E-state index in [1.807, 2.05) is 20.8 Å². The number of nitrogens with one attached hydrogen (secondary N) is 1. The Morgan fingerprint density at radius 2 is 1.88 bits per heavy atom. The molecule has 0 bridgehead atoms. The van der Waals surface area contributed by atoms with E-state index < -0.39 is 41.6 Å². The van der Waals surface area contributed by atoms with Crippen molar-refractivity contribution >= 4 is 36.1 Å². The molecule has 0 aliphatic heterocycles. The number of esters is 1. The lowest BCUT2D eigenvalue weighted by atomic mass is 10.2. The van der Waals surface area contributed by atoms with E-state index in [2.05, 4.69) is 29.3 Å². The summed E-state index contributed by atoms with van der Waals surface area (Å²) in [6.07, 6.45) is -0.298. The van der Waals surface area contributed by atoms with E-state index in [-0.39, 0.29) is 24.2 Å². The maximum Gasteiger partial charge on any atom is 0.355 e. The molecule has 7 nitrogen and oxygen atoms in total. The van der Waals surface area contributed by atoms with Crippen LogP contribution in [0.5, 0.6) is 0 Å². The summed E-state index contributed by atoms with van der Waals surface area (Å²) in [6, 6.07) is 3.30. The number of hydrogen-bond acceptors (Lipinski definition) is 5. The van der Waals surface area contributed by atoms with Gasteiger partial charge in [0.2, 0.25) is 0 Å². The fourth-order valence-electron chi connectivity index (χ4n) is 2.97. The Hall–Kier alpha value is -1.62. The van der Waals surface area contributed by atoms with Gasteiger partial charge in [0.05, 0.1) is 33.6 Å². The van der Waals surface area contributed by atoms with Gasteiger partial charge in [-0.15, -0.1) is 0 Å². The molecule has 2 aromatic rings. The van der Waals surface area contributed by atoms with Crippen LogP contribution in [0.15, 0.2) is 12.1 Å². The first kappa shape index (κ1) is 27.6. The van der Waals surface area contributed by atoms with E-state index in [9.17, 15) is 13.4 Å². The second-order valence-corrected chi connectivity index (χ2v) is 18.4. The molecule has 0 aliphatic rings. The van der Waals surface area contributed by atoms with E-state index in [1.54, 1.807) is 31.4 Å². The summed E-state index contributed by atoms with van der Waals surface area (Å²) < 4.78 is 42.8. The SMILES string of the molecule is CC(C)OC(=O)c1cc2cc(F)c([C@@H](C)NS(=O)C(C)(C)C)nc2n1COCC[Si](C)(C)C. The minimum atomic E-state index is -1.40. The lowest BCUT2D eigenvalue weighted by Crippen LogP contribution is -2.35. The van der Waals surface area contributed by atoms with Gasteiger partial charge in [-0.2, -0.15) is 0 Å². The zero-order chi connectivity index (χ0) is 25.1. The molecule has 0 spiro atoms. The molecule has 186 valence electrons. The molecule has 10 heteroatoms. The fraction of sp³-hybridized carbons (Fsp3) is 0.652. The first-order chi connectivity index (χ1) is 15.1. The summed E-state index contributed by atoms with van der Waals surface area (Å²) >= 11 is 0. The van der Waals surface area contributed by atoms with Crippen LogP contribution in [0, 0.1) is 5.82 Å². The average molecular weight is 500 g/mol. The van der Waals surface area contributed by atoms with Crippen LogP contribution in [0.1, 0.15) is 63.8 Å². The molecule has 0 saturated carbocycles. The largest absolute Gasteiger partial charge is 0.458 e. The predicted molar refractivity (Wildman–Crippen MR) is 134 cm³/mol. The van der Waals surface area contributed by atoms with Crippen LogP contribution in [-0.2, 0) is 27.2 Å². The lowest BCUT2D eigenvalue weighted by Gasteiger charge is -2.22. The Balaban J connectivity index is 2.45. The number of rotatable bonds is 10. The molecule has 33 heavy (non-hydrogen) atoms. The smallest absolute Gasteiger partial charge is 0.355 e. The molecule has 2 aromatic heterocycles. The van der Waals surface area contributed by atoms with Crippen LogP contribution < -0.4 is 4.72 Å². The van der Waals surface area contributed by atoms with Gasteiger partial charge in [-0.3, -0.25) is 4.57 Å². The molecule has 0 saturated heterocycles. The van der Waals surface area contributed by atoms with E-state index in [1.165, 1.54) is 6.07 Å². The van der Waals surface area contributed by atoms with Crippen LogP contribution in [0.3, 0.4) is 0 Å². The zero-order valence-electron chi connectivity index (χ0n) is 21.2. The van der Waals surface area contributed by atoms with Crippen molar-refractivity contribution < 1.29 is 22.9 Å². The van der Waals surface area contributed by atoms with Gasteiger partial charge >= 0.3 is 5.97 Å². The number of carbonyl (C=O) groups is 1. The van der Waals surface area contributed by atoms with E-state index in [4.69, 9.17) is 9.47 Å². The Morgan fingerprint density at radius 3 is 2.42 bits per heavy atom. The van der Waals surface area contributed by atoms with Crippen molar-refractivity contribution in [2.24, 2.45) is 0 Å². The highest BCUT2D eigenvalue weighted by Crippen LogP contribution is 2.26. The third-order valence-electron chi connectivity index (χ3n) is 4.87. The van der Waals surface area contributed by atoms with Crippen molar-refractivity contribution in [3.05, 3.63) is 29.3 Å². The number of carbonyl (C=O) groups excluding carboxylic acids is 1. The molecule has 1 unspecified atom stereocenters. The topological polar surface area (TPSA) is 82.5 Å². The lowest BCUT2D eigenvalue weighted by molar-refractivity contribution is 0.0338. The summed E-state index contributed by atoms with van der Waals surface area (Å²) in [7, 11) is -2.68. The number of hydrogen-bond donors (Lipinski definition) is 1. The molecule has 0 aromatic carbocycles. The number of pyridine rings is 1. The number of ether oxygens (including phenoxy) is 2. The molecule has 2 rings (SSSR count). The molecule has 2 atom stereocenters. The quantitative estimate of drug-likeness (QED) is 0.277. The monoisotopic (exact) mass is 499 g/mol. The van der Waals surface area contributed by atoms with Crippen molar-refractivity contribution in [2.75, 3.05) is 6.61 Å². The molecule has 0 radical (unpaired) electrons. The van der Waals surface area contributed by atoms with Gasteiger partial charge in [-0.1, -0.05) is 19.6 Å². The summed E-state index contributed by atoms with van der Waals surface area (Å²) in [5.74, 6) is -1.05. The number of halogens is 1. The summed E-state index contributed by atoms with van der Waals surface area (Å²) in [4.78, 5) is 17.3. The van der Waals surface area contributed by atoms with Crippen LogP contribution in [0.4, 0.5) is 4.39 Å². The van der Waals surface area contributed by atoms with Gasteiger partial charge in [0, 0.05) is 20.1 Å². The van der Waals surface area contributed by atoms with Gasteiger partial charge in [0.15, 0.2) is 0 Å². The molecule has 1 N–H and O–H groups in total. The van der Waals surface area contributed by atoms with Crippen LogP contribution in [0.25, 0.3) is 11.0 Å². The highest BCUT2D eigenvalue weighted by Gasteiger charge is 2.26. The van der Waals surface area contributed by atoms with Crippen molar-refractivity contribution in [2.45, 2.75) is 90.9 Å². The summed E-state index contributed by atoms with van der Waals surface area (Å²) in [5, 5.41) is 0.477. The predicted octanol–water partition coefficient (Wildman–Crippen LogP) is 5.17. The van der Waals surface area contributed by atoms with E-state index in [0.29, 0.717) is 17.6 Å². The Bertz CT molecular complexity index is 1010. The van der Waals surface area contributed by atoms with Crippen molar-refractivity contribution in [1.29, 1.82) is 0 Å². The highest BCUT2D eigenvalue weighted by molar-refractivity contribution is 7.84. The van der Waals surface area contributed by atoms with Gasteiger partial charge in [-0.25, -0.2) is 23.1 Å². The second-order valence-electron chi connectivity index (χ2n) is 10.7. The minimum Gasteiger partial charge on any atom is -0.458 e. The van der Waals surface area contributed by atoms with E-state index >= 15 is 0 Å². The third kappa shape index (κ3) is 7.70. The van der Waals surface area contributed by atoms with Crippen molar-refractivity contribution in [1.82, 2.24) is 14.3 Å². The van der Waals surface area contributed by atoms with Crippen LogP contribution in [0.2, 0.25) is 25.7 Å². The number of nitrogens with zero attached hydrogens (tertiary/aromatic N) is 2. The first-order valence-corrected chi connectivity index (χ1v) is 16.1. The van der Waals surface area contributed by atoms with Crippen LogP contribution in [-0.4, -0.2) is 45.3 Å². The molecular weight excluding hydrogens is 461 g/mol. The second kappa shape index (κ2) is 10.8. The maximum absolute atomic E-state index is 15.0. The Morgan fingerprint density at radius 1 is 1.24 bits per heavy atom.